The van der Waals surface area contributed by atoms with Crippen molar-refractivity contribution in [3.05, 3.63) is 42.4 Å². The van der Waals surface area contributed by atoms with Crippen molar-refractivity contribution in [1.82, 2.24) is 19.9 Å². The first kappa shape index (κ1) is 18.6. The molecule has 4 heterocycles. The molecule has 28 heavy (non-hydrogen) atoms. The SMILES string of the molecule is COc1ccc(C(=O)N2CCC3(CC2)CN(c2ncccn2)CC3CO)cn1. The number of aromatic nitrogens is 3. The molecule has 1 amide bonds. The second kappa shape index (κ2) is 7.71. The second-order valence-corrected chi connectivity index (χ2v) is 7.55. The number of amides is 1. The molecule has 1 unspecified atom stereocenters. The van der Waals surface area contributed by atoms with Crippen LogP contribution in [0.4, 0.5) is 5.95 Å². The van der Waals surface area contributed by atoms with Gasteiger partial charge in [-0.1, -0.05) is 0 Å². The molecule has 2 aliphatic rings. The zero-order valence-electron chi connectivity index (χ0n) is 16.0. The summed E-state index contributed by atoms with van der Waals surface area (Å²) in [6.45, 7) is 3.04. The van der Waals surface area contributed by atoms with Crippen molar-refractivity contribution in [2.75, 3.05) is 44.8 Å². The van der Waals surface area contributed by atoms with Gasteiger partial charge in [-0.05, 0) is 30.4 Å². The number of anilines is 1. The zero-order valence-corrected chi connectivity index (χ0v) is 16.0. The molecule has 2 aromatic heterocycles. The predicted octanol–water partition coefficient (Wildman–Crippen LogP) is 1.23. The first-order chi connectivity index (χ1) is 13.6. The molecule has 2 fully saturated rings. The first-order valence-corrected chi connectivity index (χ1v) is 9.57. The molecule has 0 aliphatic carbocycles. The largest absolute Gasteiger partial charge is 0.481 e. The van der Waals surface area contributed by atoms with Gasteiger partial charge in [0.2, 0.25) is 11.8 Å². The summed E-state index contributed by atoms with van der Waals surface area (Å²) in [5.41, 5.74) is 0.560. The van der Waals surface area contributed by atoms with E-state index in [2.05, 4.69) is 19.9 Å². The number of aliphatic hydroxyl groups excluding tert-OH is 1. The lowest BCUT2D eigenvalue weighted by molar-refractivity contribution is 0.0416. The number of hydrogen-bond acceptors (Lipinski definition) is 7. The zero-order chi connectivity index (χ0) is 19.6. The van der Waals surface area contributed by atoms with E-state index in [1.54, 1.807) is 43.9 Å². The van der Waals surface area contributed by atoms with E-state index in [0.29, 0.717) is 30.5 Å². The van der Waals surface area contributed by atoms with Crippen molar-refractivity contribution in [2.45, 2.75) is 12.8 Å². The van der Waals surface area contributed by atoms with E-state index in [-0.39, 0.29) is 23.8 Å². The van der Waals surface area contributed by atoms with Crippen molar-refractivity contribution >= 4 is 11.9 Å². The van der Waals surface area contributed by atoms with Crippen LogP contribution in [0.5, 0.6) is 5.88 Å². The number of likely N-dealkylation sites (tertiary alicyclic amines) is 1. The molecule has 2 saturated heterocycles. The van der Waals surface area contributed by atoms with Crippen LogP contribution in [0.3, 0.4) is 0 Å². The van der Waals surface area contributed by atoms with E-state index < -0.39 is 0 Å². The van der Waals surface area contributed by atoms with Crippen LogP contribution in [0.1, 0.15) is 23.2 Å². The fourth-order valence-corrected chi connectivity index (χ4v) is 4.42. The number of ether oxygens (including phenoxy) is 1. The minimum absolute atomic E-state index is 0.00760. The van der Waals surface area contributed by atoms with E-state index in [0.717, 1.165) is 25.9 Å². The molecule has 0 bridgehead atoms. The van der Waals surface area contributed by atoms with Crippen LogP contribution in [0.15, 0.2) is 36.8 Å². The average Bonchev–Trinajstić information content (AvgIpc) is 3.12. The summed E-state index contributed by atoms with van der Waals surface area (Å²) >= 11 is 0. The maximum atomic E-state index is 12.8. The minimum Gasteiger partial charge on any atom is -0.481 e. The van der Waals surface area contributed by atoms with Gasteiger partial charge in [0.25, 0.3) is 5.91 Å². The summed E-state index contributed by atoms with van der Waals surface area (Å²) in [5.74, 6) is 1.36. The van der Waals surface area contributed by atoms with E-state index >= 15 is 0 Å². The van der Waals surface area contributed by atoms with Crippen LogP contribution in [-0.2, 0) is 0 Å². The van der Waals surface area contributed by atoms with Crippen LogP contribution in [-0.4, -0.2) is 70.8 Å². The Morgan fingerprint density at radius 2 is 2.00 bits per heavy atom. The number of nitrogens with zero attached hydrogens (tertiary/aromatic N) is 5. The number of carbonyl (C=O) groups excluding carboxylic acids is 1. The number of methoxy groups -OCH3 is 1. The summed E-state index contributed by atoms with van der Waals surface area (Å²) in [5, 5.41) is 9.98. The first-order valence-electron chi connectivity index (χ1n) is 9.57. The highest BCUT2D eigenvalue weighted by Gasteiger charge is 2.48. The van der Waals surface area contributed by atoms with E-state index in [1.807, 2.05) is 4.90 Å². The van der Waals surface area contributed by atoms with Crippen molar-refractivity contribution in [3.63, 3.8) is 0 Å². The Balaban J connectivity index is 1.44. The number of aliphatic hydroxyl groups is 1. The molecule has 8 heteroatoms. The Bertz CT molecular complexity index is 806. The minimum atomic E-state index is -0.0110. The van der Waals surface area contributed by atoms with Crippen LogP contribution < -0.4 is 9.64 Å². The van der Waals surface area contributed by atoms with E-state index in [9.17, 15) is 9.90 Å². The van der Waals surface area contributed by atoms with Gasteiger partial charge in [-0.3, -0.25) is 4.79 Å². The highest BCUT2D eigenvalue weighted by Crippen LogP contribution is 2.45. The summed E-state index contributed by atoms with van der Waals surface area (Å²) in [6, 6.07) is 5.26. The Morgan fingerprint density at radius 1 is 1.25 bits per heavy atom. The average molecular weight is 383 g/mol. The van der Waals surface area contributed by atoms with Gasteiger partial charge in [-0.25, -0.2) is 15.0 Å². The lowest BCUT2D eigenvalue weighted by Gasteiger charge is -2.42. The third-order valence-corrected chi connectivity index (χ3v) is 6.11. The molecule has 2 aromatic rings. The van der Waals surface area contributed by atoms with Gasteiger partial charge in [0.15, 0.2) is 0 Å². The third-order valence-electron chi connectivity index (χ3n) is 6.11. The number of hydrogen-bond donors (Lipinski definition) is 1. The van der Waals surface area contributed by atoms with Gasteiger partial charge in [0.05, 0.1) is 12.7 Å². The Kier molecular flexibility index (Phi) is 5.13. The monoisotopic (exact) mass is 383 g/mol. The Morgan fingerprint density at radius 3 is 2.61 bits per heavy atom. The molecular formula is C20H25N5O3. The Hall–Kier alpha value is -2.74. The van der Waals surface area contributed by atoms with Gasteiger partial charge in [-0.2, -0.15) is 0 Å². The van der Waals surface area contributed by atoms with Crippen molar-refractivity contribution in [1.29, 1.82) is 0 Å². The summed E-state index contributed by atoms with van der Waals surface area (Å²) in [6.07, 6.45) is 6.76. The topological polar surface area (TPSA) is 91.7 Å². The van der Waals surface area contributed by atoms with E-state index in [4.69, 9.17) is 4.74 Å². The second-order valence-electron chi connectivity index (χ2n) is 7.55. The summed E-state index contributed by atoms with van der Waals surface area (Å²) < 4.78 is 5.05. The summed E-state index contributed by atoms with van der Waals surface area (Å²) in [4.78, 5) is 29.7. The molecule has 4 rings (SSSR count). The highest BCUT2D eigenvalue weighted by atomic mass is 16.5. The maximum Gasteiger partial charge on any atom is 0.255 e. The molecule has 0 radical (unpaired) electrons. The van der Waals surface area contributed by atoms with Gasteiger partial charge in [0.1, 0.15) is 0 Å². The lowest BCUT2D eigenvalue weighted by atomic mass is 9.71. The molecule has 148 valence electrons. The fourth-order valence-electron chi connectivity index (χ4n) is 4.42. The van der Waals surface area contributed by atoms with Crippen molar-refractivity contribution in [2.24, 2.45) is 11.3 Å². The number of piperidine rings is 1. The van der Waals surface area contributed by atoms with Crippen LogP contribution in [0, 0.1) is 11.3 Å². The fraction of sp³-hybridized carbons (Fsp3) is 0.500. The van der Waals surface area contributed by atoms with Crippen molar-refractivity contribution < 1.29 is 14.6 Å². The molecule has 0 saturated carbocycles. The molecule has 1 spiro atoms. The third kappa shape index (κ3) is 3.40. The standard InChI is InChI=1S/C20H25N5O3/c1-28-17-4-3-15(11-23-17)18(27)24-9-5-20(6-10-24)14-25(12-16(20)13-26)19-21-7-2-8-22-19/h2-4,7-8,11,16,26H,5-6,9-10,12-14H2,1H3. The number of carbonyl (C=O) groups is 1. The number of rotatable bonds is 4. The van der Waals surface area contributed by atoms with Crippen molar-refractivity contribution in [3.8, 4) is 5.88 Å². The van der Waals surface area contributed by atoms with Gasteiger partial charge >= 0.3 is 0 Å². The lowest BCUT2D eigenvalue weighted by Crippen LogP contribution is -2.47. The molecule has 0 aromatic carbocycles. The van der Waals surface area contributed by atoms with Gasteiger partial charge in [-0.15, -0.1) is 0 Å². The molecule has 8 nitrogen and oxygen atoms in total. The molecule has 1 atom stereocenters. The van der Waals surface area contributed by atoms with Crippen LogP contribution >= 0.6 is 0 Å². The maximum absolute atomic E-state index is 12.8. The predicted molar refractivity (Wildman–Crippen MR) is 103 cm³/mol. The molecule has 1 N–H and O–H groups in total. The normalized spacial score (nSPS) is 21.1. The van der Waals surface area contributed by atoms with Crippen LogP contribution in [0.25, 0.3) is 0 Å². The molecule has 2 aliphatic heterocycles. The highest BCUT2D eigenvalue weighted by molar-refractivity contribution is 5.94. The smallest absolute Gasteiger partial charge is 0.255 e. The van der Waals surface area contributed by atoms with Gasteiger partial charge in [0, 0.05) is 63.4 Å². The quantitative estimate of drug-likeness (QED) is 0.849. The summed E-state index contributed by atoms with van der Waals surface area (Å²) in [7, 11) is 1.55. The van der Waals surface area contributed by atoms with E-state index in [1.165, 1.54) is 0 Å². The molecular weight excluding hydrogens is 358 g/mol. The Labute approximate surface area is 164 Å². The number of pyridine rings is 1. The van der Waals surface area contributed by atoms with Gasteiger partial charge < -0.3 is 19.6 Å². The van der Waals surface area contributed by atoms with Crippen LogP contribution in [0.2, 0.25) is 0 Å².